The molecule has 0 aliphatic carbocycles. The van der Waals surface area contributed by atoms with Crippen molar-refractivity contribution in [3.05, 3.63) is 36.5 Å². The van der Waals surface area contributed by atoms with Crippen molar-refractivity contribution in [2.45, 2.75) is 348 Å². The lowest BCUT2D eigenvalue weighted by molar-refractivity contribution is -0.167. The lowest BCUT2D eigenvalue weighted by Gasteiger charge is -2.18. The van der Waals surface area contributed by atoms with Gasteiger partial charge in [0.1, 0.15) is 13.2 Å². The Bertz CT molecular complexity index is 1190. The van der Waals surface area contributed by atoms with Crippen molar-refractivity contribution in [1.29, 1.82) is 0 Å². The maximum atomic E-state index is 12.9. The molecule has 0 bridgehead atoms. The van der Waals surface area contributed by atoms with Crippen molar-refractivity contribution in [1.82, 2.24) is 0 Å². The largest absolute Gasteiger partial charge is 0.462 e. The van der Waals surface area contributed by atoms with Crippen LogP contribution in [0.15, 0.2) is 36.5 Å². The second-order valence-electron chi connectivity index (χ2n) is 21.3. The second-order valence-corrected chi connectivity index (χ2v) is 21.3. The molecule has 0 aromatic carbocycles. The minimum atomic E-state index is -0.778. The van der Waals surface area contributed by atoms with Gasteiger partial charge in [0.2, 0.25) is 0 Å². The highest BCUT2D eigenvalue weighted by molar-refractivity contribution is 5.71. The molecule has 0 rings (SSSR count). The Hall–Kier alpha value is -2.37. The summed E-state index contributed by atoms with van der Waals surface area (Å²) in [6, 6.07) is 0. The Morgan fingerprint density at radius 1 is 0.282 bits per heavy atom. The lowest BCUT2D eigenvalue weighted by Crippen LogP contribution is -2.30. The van der Waals surface area contributed by atoms with Crippen LogP contribution in [0.5, 0.6) is 0 Å². The number of unbranched alkanes of at least 4 members (excludes halogenated alkanes) is 41. The normalized spacial score (nSPS) is 12.2. The minimum Gasteiger partial charge on any atom is -0.462 e. The van der Waals surface area contributed by atoms with Crippen molar-refractivity contribution in [2.75, 3.05) is 13.2 Å². The summed E-state index contributed by atoms with van der Waals surface area (Å²) in [6.07, 6.45) is 72.8. The van der Waals surface area contributed by atoms with Crippen LogP contribution < -0.4 is 0 Å². The van der Waals surface area contributed by atoms with E-state index in [0.29, 0.717) is 19.3 Å². The molecular weight excluding hydrogens is 877 g/mol. The van der Waals surface area contributed by atoms with Crippen LogP contribution in [0.3, 0.4) is 0 Å². The molecule has 0 N–H and O–H groups in total. The molecule has 6 heteroatoms. The third kappa shape index (κ3) is 58.4. The average molecular weight is 998 g/mol. The smallest absolute Gasteiger partial charge is 0.306 e. The maximum absolute atomic E-state index is 12.9. The quantitative estimate of drug-likeness (QED) is 0.0261. The first-order valence-electron chi connectivity index (χ1n) is 31.5. The fraction of sp³-hybridized carbons (Fsp3) is 0.862. The SMILES string of the molecule is CCCCC/C=C\C/C=C\CCCCCCCC(=O)O[C@H](COC(=O)CCCCCCCCCCC/C=C\CCCCCCCC)COC(=O)CCCCCCCCCCCCCCCCCCCCC. The fourth-order valence-corrected chi connectivity index (χ4v) is 9.35. The number of carbonyl (C=O) groups excluding carboxylic acids is 3. The topological polar surface area (TPSA) is 78.9 Å². The van der Waals surface area contributed by atoms with Crippen molar-refractivity contribution >= 4 is 17.9 Å². The first-order valence-corrected chi connectivity index (χ1v) is 31.5. The number of ether oxygens (including phenoxy) is 3. The zero-order valence-electron chi connectivity index (χ0n) is 47.8. The van der Waals surface area contributed by atoms with Gasteiger partial charge in [0.05, 0.1) is 0 Å². The van der Waals surface area contributed by atoms with Crippen LogP contribution in [-0.4, -0.2) is 37.2 Å². The first-order chi connectivity index (χ1) is 35.0. The fourth-order valence-electron chi connectivity index (χ4n) is 9.35. The summed E-state index contributed by atoms with van der Waals surface area (Å²) in [7, 11) is 0. The van der Waals surface area contributed by atoms with Gasteiger partial charge in [-0.3, -0.25) is 14.4 Å². The summed E-state index contributed by atoms with van der Waals surface area (Å²) in [5.74, 6) is -0.868. The summed E-state index contributed by atoms with van der Waals surface area (Å²) in [5.41, 5.74) is 0. The van der Waals surface area contributed by atoms with Gasteiger partial charge in [0, 0.05) is 19.3 Å². The highest BCUT2D eigenvalue weighted by Gasteiger charge is 2.19. The standard InChI is InChI=1S/C65H120O6/c1-4-7-10-13-16-19-22-25-28-30-32-34-37-39-42-45-48-51-54-57-63(66)69-60-62(71-65(68)59-56-53-50-47-44-41-36-27-24-21-18-15-12-9-6-3)61-70-64(67)58-55-52-49-46-43-40-38-35-33-31-29-26-23-20-17-14-11-8-5-2/h18,21,25,27-28,36,62H,4-17,19-20,22-24,26,29-35,37-61H2,1-3H3/b21-18-,28-25-,36-27-/t62-/m1/s1. The molecule has 0 radical (unpaired) electrons. The highest BCUT2D eigenvalue weighted by Crippen LogP contribution is 2.17. The summed E-state index contributed by atoms with van der Waals surface area (Å²) in [5, 5.41) is 0. The summed E-state index contributed by atoms with van der Waals surface area (Å²) in [6.45, 7) is 6.65. The van der Waals surface area contributed by atoms with E-state index in [4.69, 9.17) is 14.2 Å². The predicted octanol–water partition coefficient (Wildman–Crippen LogP) is 21.2. The van der Waals surface area contributed by atoms with E-state index in [-0.39, 0.29) is 31.1 Å². The Morgan fingerprint density at radius 3 is 0.817 bits per heavy atom. The van der Waals surface area contributed by atoms with Crippen LogP contribution in [-0.2, 0) is 28.6 Å². The van der Waals surface area contributed by atoms with Gasteiger partial charge in [0.15, 0.2) is 6.10 Å². The third-order valence-corrected chi connectivity index (χ3v) is 14.1. The molecule has 0 aliphatic rings. The van der Waals surface area contributed by atoms with Gasteiger partial charge < -0.3 is 14.2 Å². The number of carbonyl (C=O) groups is 3. The molecule has 0 aromatic heterocycles. The summed E-state index contributed by atoms with van der Waals surface area (Å²) >= 11 is 0. The Morgan fingerprint density at radius 2 is 0.507 bits per heavy atom. The molecule has 71 heavy (non-hydrogen) atoms. The first kappa shape index (κ1) is 68.6. The molecule has 416 valence electrons. The van der Waals surface area contributed by atoms with Crippen LogP contribution in [0.1, 0.15) is 342 Å². The summed E-state index contributed by atoms with van der Waals surface area (Å²) in [4.78, 5) is 38.3. The number of hydrogen-bond donors (Lipinski definition) is 0. The lowest BCUT2D eigenvalue weighted by atomic mass is 10.0. The van der Waals surface area contributed by atoms with Gasteiger partial charge in [0.25, 0.3) is 0 Å². The van der Waals surface area contributed by atoms with Gasteiger partial charge >= 0.3 is 17.9 Å². The molecule has 0 aliphatic heterocycles. The zero-order valence-corrected chi connectivity index (χ0v) is 47.8. The Balaban J connectivity index is 4.32. The van der Waals surface area contributed by atoms with E-state index in [1.165, 1.54) is 218 Å². The average Bonchev–Trinajstić information content (AvgIpc) is 3.37. The van der Waals surface area contributed by atoms with Gasteiger partial charge in [-0.2, -0.15) is 0 Å². The van der Waals surface area contributed by atoms with E-state index < -0.39 is 6.10 Å². The molecule has 0 saturated carbocycles. The number of allylic oxidation sites excluding steroid dienone is 6. The third-order valence-electron chi connectivity index (χ3n) is 14.1. The van der Waals surface area contributed by atoms with E-state index in [2.05, 4.69) is 57.2 Å². The van der Waals surface area contributed by atoms with Crippen LogP contribution in [0, 0.1) is 0 Å². The van der Waals surface area contributed by atoms with Crippen molar-refractivity contribution in [3.8, 4) is 0 Å². The molecule has 0 heterocycles. The predicted molar refractivity (Wildman–Crippen MR) is 307 cm³/mol. The minimum absolute atomic E-state index is 0.0743. The van der Waals surface area contributed by atoms with Crippen LogP contribution in [0.25, 0.3) is 0 Å². The van der Waals surface area contributed by atoms with Crippen molar-refractivity contribution in [3.63, 3.8) is 0 Å². The number of hydrogen-bond acceptors (Lipinski definition) is 6. The van der Waals surface area contributed by atoms with E-state index in [1.807, 2.05) is 0 Å². The monoisotopic (exact) mass is 997 g/mol. The molecule has 6 nitrogen and oxygen atoms in total. The molecule has 0 spiro atoms. The van der Waals surface area contributed by atoms with E-state index in [0.717, 1.165) is 83.5 Å². The number of rotatable bonds is 58. The van der Waals surface area contributed by atoms with Gasteiger partial charge in [-0.05, 0) is 77.0 Å². The van der Waals surface area contributed by atoms with Crippen LogP contribution in [0.2, 0.25) is 0 Å². The maximum Gasteiger partial charge on any atom is 0.306 e. The van der Waals surface area contributed by atoms with Gasteiger partial charge in [-0.25, -0.2) is 0 Å². The van der Waals surface area contributed by atoms with E-state index >= 15 is 0 Å². The highest BCUT2D eigenvalue weighted by atomic mass is 16.6. The molecule has 0 saturated heterocycles. The van der Waals surface area contributed by atoms with Crippen molar-refractivity contribution < 1.29 is 28.6 Å². The van der Waals surface area contributed by atoms with Crippen LogP contribution >= 0.6 is 0 Å². The molecule has 0 aromatic rings. The second kappa shape index (κ2) is 60.2. The van der Waals surface area contributed by atoms with E-state index in [9.17, 15) is 14.4 Å². The summed E-state index contributed by atoms with van der Waals surface area (Å²) < 4.78 is 16.9. The molecule has 0 amide bonds. The molecule has 1 atom stereocenters. The zero-order chi connectivity index (χ0) is 51.4. The Kier molecular flexibility index (Phi) is 58.2. The van der Waals surface area contributed by atoms with Crippen LogP contribution in [0.4, 0.5) is 0 Å². The molecule has 0 fully saturated rings. The van der Waals surface area contributed by atoms with E-state index in [1.54, 1.807) is 0 Å². The Labute approximate surface area is 442 Å². The molecule has 0 unspecified atom stereocenters. The molecular formula is C65H120O6. The number of esters is 3. The van der Waals surface area contributed by atoms with Gasteiger partial charge in [-0.15, -0.1) is 0 Å². The van der Waals surface area contributed by atoms with Crippen molar-refractivity contribution in [2.24, 2.45) is 0 Å². The van der Waals surface area contributed by atoms with Gasteiger partial charge in [-0.1, -0.05) is 282 Å².